The number of aryl methyl sites for hydroxylation is 1. The number of ether oxygens (including phenoxy) is 1. The summed E-state index contributed by atoms with van der Waals surface area (Å²) in [5, 5.41) is 12.8. The first-order valence-corrected chi connectivity index (χ1v) is 5.21. The second-order valence-corrected chi connectivity index (χ2v) is 4.37. The minimum Gasteiger partial charge on any atom is -0.481 e. The Balaban J connectivity index is 2.93. The second-order valence-electron chi connectivity index (χ2n) is 4.37. The molecule has 90 valence electrons. The van der Waals surface area contributed by atoms with Gasteiger partial charge in [-0.05, 0) is 27.7 Å². The first-order valence-electron chi connectivity index (χ1n) is 5.21. The maximum Gasteiger partial charge on any atom is 0.218 e. The maximum atomic E-state index is 9.60. The molecule has 0 fully saturated rings. The predicted octanol–water partition coefficient (Wildman–Crippen LogP) is 1.36. The zero-order valence-electron chi connectivity index (χ0n) is 10.4. The second kappa shape index (κ2) is 4.65. The molecule has 0 bridgehead atoms. The van der Waals surface area contributed by atoms with Crippen molar-refractivity contribution in [1.29, 1.82) is 0 Å². The summed E-state index contributed by atoms with van der Waals surface area (Å²) in [6.07, 6.45) is -0.492. The molecule has 1 rings (SSSR count). The van der Waals surface area contributed by atoms with E-state index in [0.29, 0.717) is 17.5 Å². The molecule has 1 atom stereocenters. The van der Waals surface area contributed by atoms with Gasteiger partial charge in [-0.15, -0.1) is 0 Å². The lowest BCUT2D eigenvalue weighted by Crippen LogP contribution is -2.42. The summed E-state index contributed by atoms with van der Waals surface area (Å²) in [5.74, 6) is 1.79. The average Bonchev–Trinajstić information content (AvgIpc) is 2.15. The lowest BCUT2D eigenvalue weighted by Gasteiger charge is -2.30. The van der Waals surface area contributed by atoms with Crippen molar-refractivity contribution in [3.8, 4) is 5.88 Å². The van der Waals surface area contributed by atoms with E-state index in [2.05, 4.69) is 15.3 Å². The van der Waals surface area contributed by atoms with Gasteiger partial charge in [0.1, 0.15) is 11.6 Å². The first-order chi connectivity index (χ1) is 7.35. The van der Waals surface area contributed by atoms with Gasteiger partial charge in [-0.25, -0.2) is 4.98 Å². The smallest absolute Gasteiger partial charge is 0.218 e. The van der Waals surface area contributed by atoms with Crippen molar-refractivity contribution in [3.63, 3.8) is 0 Å². The number of rotatable bonds is 4. The predicted molar refractivity (Wildman–Crippen MR) is 62.7 cm³/mol. The van der Waals surface area contributed by atoms with Crippen molar-refractivity contribution in [3.05, 3.63) is 11.9 Å². The van der Waals surface area contributed by atoms with E-state index in [1.54, 1.807) is 27.0 Å². The van der Waals surface area contributed by atoms with Crippen LogP contribution in [0.2, 0.25) is 0 Å². The van der Waals surface area contributed by atoms with Gasteiger partial charge in [0.05, 0.1) is 18.8 Å². The minimum absolute atomic E-state index is 0.453. The van der Waals surface area contributed by atoms with Crippen LogP contribution in [0.4, 0.5) is 5.82 Å². The van der Waals surface area contributed by atoms with E-state index >= 15 is 0 Å². The normalized spacial score (nSPS) is 13.4. The molecule has 1 heterocycles. The van der Waals surface area contributed by atoms with E-state index in [0.717, 1.165) is 0 Å². The third-order valence-corrected chi connectivity index (χ3v) is 2.52. The molecule has 0 aliphatic carbocycles. The van der Waals surface area contributed by atoms with Gasteiger partial charge in [0.15, 0.2) is 0 Å². The van der Waals surface area contributed by atoms with Gasteiger partial charge in [0.25, 0.3) is 0 Å². The zero-order valence-corrected chi connectivity index (χ0v) is 10.4. The standard InChI is InChI=1S/C11H19N3O2/c1-7(15)11(3,4)14-9-6-10(16-5)13-8(2)12-9/h6-7,15H,1-5H3,(H,12,13,14). The molecular formula is C11H19N3O2. The number of anilines is 1. The van der Waals surface area contributed by atoms with E-state index in [4.69, 9.17) is 4.74 Å². The van der Waals surface area contributed by atoms with Crippen LogP contribution in [0.5, 0.6) is 5.88 Å². The summed E-state index contributed by atoms with van der Waals surface area (Å²) in [6, 6.07) is 1.71. The molecule has 0 aromatic carbocycles. The minimum atomic E-state index is -0.492. The maximum absolute atomic E-state index is 9.60. The van der Waals surface area contributed by atoms with Crippen molar-refractivity contribution < 1.29 is 9.84 Å². The molecule has 0 radical (unpaired) electrons. The van der Waals surface area contributed by atoms with Crippen LogP contribution in [0.25, 0.3) is 0 Å². The molecule has 5 heteroatoms. The fourth-order valence-corrected chi connectivity index (χ4v) is 1.14. The van der Waals surface area contributed by atoms with Gasteiger partial charge in [0, 0.05) is 6.07 Å². The highest BCUT2D eigenvalue weighted by Crippen LogP contribution is 2.19. The molecule has 0 saturated heterocycles. The molecule has 0 aliphatic heterocycles. The number of nitrogens with zero attached hydrogens (tertiary/aromatic N) is 2. The first kappa shape index (κ1) is 12.7. The van der Waals surface area contributed by atoms with E-state index in [9.17, 15) is 5.11 Å². The molecule has 1 aromatic rings. The molecule has 0 spiro atoms. The van der Waals surface area contributed by atoms with Crippen LogP contribution in [0, 0.1) is 6.92 Å². The summed E-state index contributed by atoms with van der Waals surface area (Å²) < 4.78 is 5.06. The Kier molecular flexibility index (Phi) is 3.70. The van der Waals surface area contributed by atoms with Crippen molar-refractivity contribution in [1.82, 2.24) is 9.97 Å². The van der Waals surface area contributed by atoms with Gasteiger partial charge in [0.2, 0.25) is 5.88 Å². The molecule has 5 nitrogen and oxygen atoms in total. The largest absolute Gasteiger partial charge is 0.481 e. The molecule has 2 N–H and O–H groups in total. The molecule has 0 aliphatic rings. The lowest BCUT2D eigenvalue weighted by atomic mass is 9.99. The Hall–Kier alpha value is -1.36. The number of nitrogens with one attached hydrogen (secondary N) is 1. The lowest BCUT2D eigenvalue weighted by molar-refractivity contribution is 0.133. The van der Waals surface area contributed by atoms with E-state index < -0.39 is 11.6 Å². The fourth-order valence-electron chi connectivity index (χ4n) is 1.14. The summed E-state index contributed by atoms with van der Waals surface area (Å²) in [4.78, 5) is 8.33. The zero-order chi connectivity index (χ0) is 12.3. The van der Waals surface area contributed by atoms with Gasteiger partial charge >= 0.3 is 0 Å². The highest BCUT2D eigenvalue weighted by molar-refractivity contribution is 5.41. The number of methoxy groups -OCH3 is 1. The summed E-state index contributed by atoms with van der Waals surface area (Å²) in [7, 11) is 1.56. The Bertz CT molecular complexity index is 364. The van der Waals surface area contributed by atoms with Gasteiger partial charge in [-0.3, -0.25) is 0 Å². The third kappa shape index (κ3) is 3.06. The monoisotopic (exact) mass is 225 g/mol. The third-order valence-electron chi connectivity index (χ3n) is 2.52. The van der Waals surface area contributed by atoms with Crippen LogP contribution in [-0.4, -0.2) is 33.8 Å². The highest BCUT2D eigenvalue weighted by atomic mass is 16.5. The summed E-state index contributed by atoms with van der Waals surface area (Å²) in [5.41, 5.74) is -0.453. The number of aromatic nitrogens is 2. The van der Waals surface area contributed by atoms with Crippen LogP contribution < -0.4 is 10.1 Å². The molecule has 16 heavy (non-hydrogen) atoms. The molecule has 1 aromatic heterocycles. The SMILES string of the molecule is COc1cc(NC(C)(C)C(C)O)nc(C)n1. The Morgan fingerprint density at radius 1 is 1.44 bits per heavy atom. The Labute approximate surface area is 95.9 Å². The van der Waals surface area contributed by atoms with Crippen LogP contribution in [0.15, 0.2) is 6.07 Å². The summed E-state index contributed by atoms with van der Waals surface area (Å²) in [6.45, 7) is 7.34. The fraction of sp³-hybridized carbons (Fsp3) is 0.636. The number of hydrogen-bond donors (Lipinski definition) is 2. The molecular weight excluding hydrogens is 206 g/mol. The Morgan fingerprint density at radius 2 is 2.06 bits per heavy atom. The van der Waals surface area contributed by atoms with Crippen LogP contribution in [-0.2, 0) is 0 Å². The van der Waals surface area contributed by atoms with E-state index in [1.807, 2.05) is 13.8 Å². The number of hydrogen-bond acceptors (Lipinski definition) is 5. The molecule has 0 amide bonds. The molecule has 1 unspecified atom stereocenters. The average molecular weight is 225 g/mol. The van der Waals surface area contributed by atoms with Gasteiger partial charge in [-0.1, -0.05) is 0 Å². The van der Waals surface area contributed by atoms with Crippen LogP contribution in [0.1, 0.15) is 26.6 Å². The van der Waals surface area contributed by atoms with Gasteiger partial charge in [-0.2, -0.15) is 4.98 Å². The number of aliphatic hydroxyl groups is 1. The summed E-state index contributed by atoms with van der Waals surface area (Å²) >= 11 is 0. The van der Waals surface area contributed by atoms with Crippen LogP contribution >= 0.6 is 0 Å². The van der Waals surface area contributed by atoms with Crippen molar-refractivity contribution in [2.75, 3.05) is 12.4 Å². The van der Waals surface area contributed by atoms with Crippen molar-refractivity contribution in [2.45, 2.75) is 39.3 Å². The van der Waals surface area contributed by atoms with E-state index in [1.165, 1.54) is 0 Å². The topological polar surface area (TPSA) is 67.3 Å². The van der Waals surface area contributed by atoms with Gasteiger partial charge < -0.3 is 15.2 Å². The van der Waals surface area contributed by atoms with Crippen LogP contribution in [0.3, 0.4) is 0 Å². The van der Waals surface area contributed by atoms with E-state index in [-0.39, 0.29) is 0 Å². The highest BCUT2D eigenvalue weighted by Gasteiger charge is 2.24. The Morgan fingerprint density at radius 3 is 2.56 bits per heavy atom. The van der Waals surface area contributed by atoms with Crippen molar-refractivity contribution >= 4 is 5.82 Å². The quantitative estimate of drug-likeness (QED) is 0.810. The number of aliphatic hydroxyl groups excluding tert-OH is 1. The molecule has 0 saturated carbocycles. The van der Waals surface area contributed by atoms with Crippen molar-refractivity contribution in [2.24, 2.45) is 0 Å².